The Balaban J connectivity index is 1.65. The van der Waals surface area contributed by atoms with Gasteiger partial charge in [-0.25, -0.2) is 0 Å². The summed E-state index contributed by atoms with van der Waals surface area (Å²) in [6, 6.07) is 13.9. The molecule has 6 nitrogen and oxygen atoms in total. The van der Waals surface area contributed by atoms with E-state index in [1.54, 1.807) is 6.20 Å². The Bertz CT molecular complexity index is 1100. The fourth-order valence-corrected chi connectivity index (χ4v) is 4.67. The van der Waals surface area contributed by atoms with Crippen molar-refractivity contribution in [2.45, 2.75) is 26.7 Å². The molecule has 31 heavy (non-hydrogen) atoms. The summed E-state index contributed by atoms with van der Waals surface area (Å²) in [7, 11) is 1.92. The third kappa shape index (κ3) is 3.94. The average Bonchev–Trinajstić information content (AvgIpc) is 3.24. The van der Waals surface area contributed by atoms with Gasteiger partial charge in [-0.2, -0.15) is 5.10 Å². The highest BCUT2D eigenvalue weighted by Crippen LogP contribution is 2.32. The molecule has 3 aromatic rings. The number of piperidine rings is 1. The summed E-state index contributed by atoms with van der Waals surface area (Å²) in [5.41, 5.74) is 2.76. The van der Waals surface area contributed by atoms with E-state index in [1.807, 2.05) is 71.8 Å². The van der Waals surface area contributed by atoms with Gasteiger partial charge in [0.25, 0.3) is 5.91 Å². The second kappa shape index (κ2) is 8.92. The third-order valence-corrected chi connectivity index (χ3v) is 6.38. The van der Waals surface area contributed by atoms with Gasteiger partial charge < -0.3 is 9.80 Å². The number of aryl methyl sites for hydroxylation is 1. The highest BCUT2D eigenvalue weighted by atomic mass is 16.2. The molecular formula is C25H30N4O2. The maximum absolute atomic E-state index is 13.5. The number of amides is 2. The van der Waals surface area contributed by atoms with Crippen LogP contribution < -0.4 is 0 Å². The van der Waals surface area contributed by atoms with Crippen LogP contribution in [0.1, 0.15) is 37.0 Å². The molecule has 1 saturated heterocycles. The van der Waals surface area contributed by atoms with Gasteiger partial charge in [-0.15, -0.1) is 0 Å². The van der Waals surface area contributed by atoms with Crippen molar-refractivity contribution in [1.82, 2.24) is 19.6 Å². The summed E-state index contributed by atoms with van der Waals surface area (Å²) in [5, 5.41) is 6.26. The SMILES string of the molecule is CCN(CC)C(=O)C1CCCN(C(=O)c2ccc(-c3ccnn3C)c3ccccc23)C1. The molecule has 2 amide bonds. The van der Waals surface area contributed by atoms with Gasteiger partial charge in [-0.05, 0) is 49.6 Å². The van der Waals surface area contributed by atoms with Gasteiger partial charge in [0.2, 0.25) is 5.91 Å². The summed E-state index contributed by atoms with van der Waals surface area (Å²) in [5.74, 6) is 0.0568. The summed E-state index contributed by atoms with van der Waals surface area (Å²) in [6.07, 6.45) is 3.48. The monoisotopic (exact) mass is 418 g/mol. The average molecular weight is 419 g/mol. The van der Waals surface area contributed by atoms with E-state index in [1.165, 1.54) is 0 Å². The Morgan fingerprint density at radius 3 is 2.48 bits per heavy atom. The lowest BCUT2D eigenvalue weighted by Crippen LogP contribution is -2.46. The zero-order chi connectivity index (χ0) is 22.0. The van der Waals surface area contributed by atoms with Crippen LogP contribution in [0.5, 0.6) is 0 Å². The van der Waals surface area contributed by atoms with E-state index >= 15 is 0 Å². The minimum Gasteiger partial charge on any atom is -0.343 e. The second-order valence-corrected chi connectivity index (χ2v) is 8.15. The second-order valence-electron chi connectivity index (χ2n) is 8.15. The molecule has 0 N–H and O–H groups in total. The molecule has 1 aliphatic heterocycles. The highest BCUT2D eigenvalue weighted by molar-refractivity contribution is 6.10. The van der Waals surface area contributed by atoms with Gasteiger partial charge in [0.1, 0.15) is 0 Å². The highest BCUT2D eigenvalue weighted by Gasteiger charge is 2.31. The number of benzene rings is 2. The molecule has 1 unspecified atom stereocenters. The van der Waals surface area contributed by atoms with Gasteiger partial charge in [-0.1, -0.05) is 30.3 Å². The quantitative estimate of drug-likeness (QED) is 0.630. The normalized spacial score (nSPS) is 16.5. The van der Waals surface area contributed by atoms with Crippen molar-refractivity contribution in [1.29, 1.82) is 0 Å². The number of aromatic nitrogens is 2. The number of carbonyl (C=O) groups is 2. The summed E-state index contributed by atoms with van der Waals surface area (Å²) < 4.78 is 1.84. The standard InChI is InChI=1S/C25H30N4O2/c1-4-28(5-2)24(30)18-9-8-16-29(17-18)25(31)22-13-12-21(23-14-15-26-27(23)3)19-10-6-7-11-20(19)22/h6-7,10-15,18H,4-5,8-9,16-17H2,1-3H3. The molecule has 2 heterocycles. The molecule has 1 fully saturated rings. The van der Waals surface area contributed by atoms with Crippen LogP contribution in [0, 0.1) is 5.92 Å². The van der Waals surface area contributed by atoms with Crippen LogP contribution in [-0.2, 0) is 11.8 Å². The van der Waals surface area contributed by atoms with Crippen LogP contribution in [-0.4, -0.2) is 57.6 Å². The van der Waals surface area contributed by atoms with Crippen molar-refractivity contribution in [2.24, 2.45) is 13.0 Å². The van der Waals surface area contributed by atoms with Crippen molar-refractivity contribution >= 4 is 22.6 Å². The van der Waals surface area contributed by atoms with E-state index in [0.29, 0.717) is 31.7 Å². The smallest absolute Gasteiger partial charge is 0.254 e. The van der Waals surface area contributed by atoms with E-state index in [0.717, 1.165) is 34.9 Å². The molecule has 1 atom stereocenters. The lowest BCUT2D eigenvalue weighted by molar-refractivity contribution is -0.136. The number of carbonyl (C=O) groups excluding carboxylic acids is 2. The number of hydrogen-bond donors (Lipinski definition) is 0. The van der Waals surface area contributed by atoms with Crippen LogP contribution in [0.15, 0.2) is 48.7 Å². The van der Waals surface area contributed by atoms with Crippen molar-refractivity contribution in [3.63, 3.8) is 0 Å². The summed E-state index contributed by atoms with van der Waals surface area (Å²) >= 11 is 0. The van der Waals surface area contributed by atoms with Crippen LogP contribution in [0.3, 0.4) is 0 Å². The largest absolute Gasteiger partial charge is 0.343 e. The first kappa shape index (κ1) is 21.1. The maximum Gasteiger partial charge on any atom is 0.254 e. The minimum absolute atomic E-state index is 0.00445. The van der Waals surface area contributed by atoms with E-state index in [2.05, 4.69) is 11.2 Å². The number of nitrogens with zero attached hydrogens (tertiary/aromatic N) is 4. The number of likely N-dealkylation sites (tertiary alicyclic amines) is 1. The molecule has 0 spiro atoms. The third-order valence-electron chi connectivity index (χ3n) is 6.38. The van der Waals surface area contributed by atoms with Crippen LogP contribution in [0.4, 0.5) is 0 Å². The molecule has 0 bridgehead atoms. The summed E-state index contributed by atoms with van der Waals surface area (Å²) in [6.45, 7) is 6.61. The molecular weight excluding hydrogens is 388 g/mol. The molecule has 1 aromatic heterocycles. The molecule has 0 radical (unpaired) electrons. The van der Waals surface area contributed by atoms with Gasteiger partial charge in [-0.3, -0.25) is 14.3 Å². The number of rotatable bonds is 5. The van der Waals surface area contributed by atoms with Gasteiger partial charge in [0, 0.05) is 50.6 Å². The number of hydrogen-bond acceptors (Lipinski definition) is 3. The van der Waals surface area contributed by atoms with Crippen LogP contribution in [0.2, 0.25) is 0 Å². The van der Waals surface area contributed by atoms with Gasteiger partial charge in [0.05, 0.1) is 11.6 Å². The predicted octanol–water partition coefficient (Wildman–Crippen LogP) is 3.96. The fraction of sp³-hybridized carbons (Fsp3) is 0.400. The lowest BCUT2D eigenvalue weighted by atomic mass is 9.94. The molecule has 0 aliphatic carbocycles. The van der Waals surface area contributed by atoms with Gasteiger partial charge in [0.15, 0.2) is 0 Å². The molecule has 6 heteroatoms. The predicted molar refractivity (Wildman–Crippen MR) is 123 cm³/mol. The van der Waals surface area contributed by atoms with E-state index < -0.39 is 0 Å². The Hall–Kier alpha value is -3.15. The van der Waals surface area contributed by atoms with Crippen molar-refractivity contribution < 1.29 is 9.59 Å². The summed E-state index contributed by atoms with van der Waals surface area (Å²) in [4.78, 5) is 30.1. The van der Waals surface area contributed by atoms with Gasteiger partial charge >= 0.3 is 0 Å². The molecule has 162 valence electrons. The molecule has 1 aliphatic rings. The van der Waals surface area contributed by atoms with Crippen molar-refractivity contribution in [2.75, 3.05) is 26.2 Å². The first-order valence-corrected chi connectivity index (χ1v) is 11.1. The maximum atomic E-state index is 13.5. The fourth-order valence-electron chi connectivity index (χ4n) is 4.67. The Kier molecular flexibility index (Phi) is 6.07. The van der Waals surface area contributed by atoms with E-state index in [4.69, 9.17) is 0 Å². The Morgan fingerprint density at radius 2 is 1.81 bits per heavy atom. The minimum atomic E-state index is -0.113. The lowest BCUT2D eigenvalue weighted by Gasteiger charge is -2.34. The van der Waals surface area contributed by atoms with E-state index in [-0.39, 0.29) is 17.7 Å². The topological polar surface area (TPSA) is 58.4 Å². The zero-order valence-corrected chi connectivity index (χ0v) is 18.5. The van der Waals surface area contributed by atoms with Crippen LogP contribution in [0.25, 0.3) is 22.0 Å². The number of fused-ring (bicyclic) bond motifs is 1. The van der Waals surface area contributed by atoms with Crippen molar-refractivity contribution in [3.05, 3.63) is 54.2 Å². The van der Waals surface area contributed by atoms with Crippen molar-refractivity contribution in [3.8, 4) is 11.3 Å². The molecule has 0 saturated carbocycles. The first-order chi connectivity index (χ1) is 15.0. The van der Waals surface area contributed by atoms with E-state index in [9.17, 15) is 9.59 Å². The first-order valence-electron chi connectivity index (χ1n) is 11.1. The molecule has 4 rings (SSSR count). The molecule has 2 aromatic carbocycles. The zero-order valence-electron chi connectivity index (χ0n) is 18.5. The Labute approximate surface area is 183 Å². The van der Waals surface area contributed by atoms with Crippen LogP contribution >= 0.6 is 0 Å². The Morgan fingerprint density at radius 1 is 1.06 bits per heavy atom.